The van der Waals surface area contributed by atoms with Crippen molar-refractivity contribution in [2.24, 2.45) is 5.92 Å². The van der Waals surface area contributed by atoms with E-state index in [1.54, 1.807) is 0 Å². The fourth-order valence-corrected chi connectivity index (χ4v) is 6.07. The molecular formula is C28H38ClNO. The van der Waals surface area contributed by atoms with Crippen molar-refractivity contribution in [2.45, 2.75) is 75.7 Å². The van der Waals surface area contributed by atoms with E-state index in [9.17, 15) is 5.11 Å². The molecule has 3 heteroatoms. The molecule has 0 radical (unpaired) electrons. The first kappa shape index (κ1) is 22.8. The Balaban J connectivity index is 1.41. The number of likely N-dealkylation sites (tertiary alicyclic amines) is 1. The summed E-state index contributed by atoms with van der Waals surface area (Å²) in [6, 6.07) is 19.2. The third-order valence-corrected chi connectivity index (χ3v) is 8.02. The first-order chi connectivity index (χ1) is 15.2. The smallest absolute Gasteiger partial charge is 0.0763 e. The van der Waals surface area contributed by atoms with Gasteiger partial charge in [0.25, 0.3) is 0 Å². The van der Waals surface area contributed by atoms with Crippen LogP contribution in [0.15, 0.2) is 54.6 Å². The van der Waals surface area contributed by atoms with Gasteiger partial charge in [-0.15, -0.1) is 0 Å². The SMILES string of the molecule is OC(CN1CCCC(CCc2ccccc2)C1)C1(c2ccc(Cl)cc2)CCCCCC1. The number of piperidine rings is 1. The van der Waals surface area contributed by atoms with Crippen LogP contribution in [0.4, 0.5) is 0 Å². The van der Waals surface area contributed by atoms with Crippen LogP contribution in [-0.2, 0) is 11.8 Å². The Labute approximate surface area is 193 Å². The molecule has 2 nitrogen and oxygen atoms in total. The Morgan fingerprint density at radius 1 is 0.935 bits per heavy atom. The van der Waals surface area contributed by atoms with Crippen molar-refractivity contribution in [3.05, 3.63) is 70.7 Å². The number of rotatable bonds is 7. The zero-order chi connectivity index (χ0) is 21.5. The molecule has 2 atom stereocenters. The first-order valence-corrected chi connectivity index (χ1v) is 12.7. The van der Waals surface area contributed by atoms with E-state index >= 15 is 0 Å². The zero-order valence-corrected chi connectivity index (χ0v) is 19.6. The summed E-state index contributed by atoms with van der Waals surface area (Å²) >= 11 is 6.18. The Morgan fingerprint density at radius 3 is 2.35 bits per heavy atom. The summed E-state index contributed by atoms with van der Waals surface area (Å²) in [4.78, 5) is 2.55. The van der Waals surface area contributed by atoms with Gasteiger partial charge in [-0.25, -0.2) is 0 Å². The third kappa shape index (κ3) is 5.92. The van der Waals surface area contributed by atoms with E-state index in [0.29, 0.717) is 0 Å². The van der Waals surface area contributed by atoms with Crippen LogP contribution >= 0.6 is 11.6 Å². The average Bonchev–Trinajstić information content (AvgIpc) is 3.06. The standard InChI is InChI=1S/C28H38ClNO/c29-26-16-14-25(15-17-26)28(18-6-1-2-7-19-28)27(31)22-30-20-8-11-24(21-30)13-12-23-9-4-3-5-10-23/h3-5,9-10,14-17,24,27,31H,1-2,6-8,11-13,18-22H2. The van der Waals surface area contributed by atoms with Crippen LogP contribution in [0.25, 0.3) is 0 Å². The Hall–Kier alpha value is -1.35. The van der Waals surface area contributed by atoms with Crippen molar-refractivity contribution >= 4 is 11.6 Å². The molecule has 1 heterocycles. The Morgan fingerprint density at radius 2 is 1.65 bits per heavy atom. The fraction of sp³-hybridized carbons (Fsp3) is 0.571. The maximum Gasteiger partial charge on any atom is 0.0763 e. The Kier molecular flexibility index (Phi) is 8.09. The lowest BCUT2D eigenvalue weighted by Gasteiger charge is -2.42. The predicted molar refractivity (Wildman–Crippen MR) is 131 cm³/mol. The summed E-state index contributed by atoms with van der Waals surface area (Å²) in [7, 11) is 0. The van der Waals surface area contributed by atoms with Crippen molar-refractivity contribution in [3.63, 3.8) is 0 Å². The normalized spacial score (nSPS) is 23.2. The average molecular weight is 440 g/mol. The van der Waals surface area contributed by atoms with E-state index in [4.69, 9.17) is 11.6 Å². The number of aliphatic hydroxyl groups excluding tert-OH is 1. The third-order valence-electron chi connectivity index (χ3n) is 7.77. The largest absolute Gasteiger partial charge is 0.391 e. The molecule has 2 fully saturated rings. The fourth-order valence-electron chi connectivity index (χ4n) is 5.94. The first-order valence-electron chi connectivity index (χ1n) is 12.4. The molecule has 31 heavy (non-hydrogen) atoms. The Bertz CT molecular complexity index is 782. The molecule has 2 unspecified atom stereocenters. The molecule has 2 aromatic rings. The topological polar surface area (TPSA) is 23.5 Å². The van der Waals surface area contributed by atoms with Crippen LogP contribution in [0.1, 0.15) is 68.9 Å². The van der Waals surface area contributed by atoms with Gasteiger partial charge in [0.2, 0.25) is 0 Å². The van der Waals surface area contributed by atoms with Gasteiger partial charge in [0.05, 0.1) is 6.10 Å². The molecule has 0 aromatic heterocycles. The van der Waals surface area contributed by atoms with Crippen LogP contribution in [0.5, 0.6) is 0 Å². The monoisotopic (exact) mass is 439 g/mol. The van der Waals surface area contributed by atoms with Gasteiger partial charge in [-0.2, -0.15) is 0 Å². The van der Waals surface area contributed by atoms with Gasteiger partial charge in [-0.05, 0) is 74.2 Å². The van der Waals surface area contributed by atoms with Crippen LogP contribution in [-0.4, -0.2) is 35.7 Å². The van der Waals surface area contributed by atoms with Crippen molar-refractivity contribution in [2.75, 3.05) is 19.6 Å². The predicted octanol–water partition coefficient (Wildman–Crippen LogP) is 6.64. The number of hydrogen-bond acceptors (Lipinski definition) is 2. The molecular weight excluding hydrogens is 402 g/mol. The second-order valence-electron chi connectivity index (χ2n) is 9.89. The summed E-state index contributed by atoms with van der Waals surface area (Å²) in [5.74, 6) is 0.738. The van der Waals surface area contributed by atoms with Crippen molar-refractivity contribution in [1.29, 1.82) is 0 Å². The molecule has 1 N–H and O–H groups in total. The molecule has 2 aliphatic rings. The summed E-state index contributed by atoms with van der Waals surface area (Å²) < 4.78 is 0. The lowest BCUT2D eigenvalue weighted by molar-refractivity contribution is 0.0208. The highest BCUT2D eigenvalue weighted by atomic mass is 35.5. The molecule has 1 saturated carbocycles. The number of nitrogens with zero attached hydrogens (tertiary/aromatic N) is 1. The van der Waals surface area contributed by atoms with E-state index in [-0.39, 0.29) is 11.5 Å². The molecule has 0 spiro atoms. The molecule has 0 bridgehead atoms. The quantitative estimate of drug-likeness (QED) is 0.489. The number of halogens is 1. The van der Waals surface area contributed by atoms with Gasteiger partial charge in [0.1, 0.15) is 0 Å². The molecule has 1 aliphatic carbocycles. The molecule has 0 amide bonds. The van der Waals surface area contributed by atoms with Crippen molar-refractivity contribution in [1.82, 2.24) is 4.90 Å². The van der Waals surface area contributed by atoms with E-state index in [1.807, 2.05) is 12.1 Å². The number of aliphatic hydroxyl groups is 1. The highest BCUT2D eigenvalue weighted by Crippen LogP contribution is 2.42. The highest BCUT2D eigenvalue weighted by molar-refractivity contribution is 6.30. The zero-order valence-electron chi connectivity index (χ0n) is 18.8. The molecule has 1 saturated heterocycles. The minimum Gasteiger partial charge on any atom is -0.391 e. The lowest BCUT2D eigenvalue weighted by Crippen LogP contribution is -2.49. The van der Waals surface area contributed by atoms with Gasteiger partial charge in [-0.3, -0.25) is 0 Å². The number of benzene rings is 2. The minimum atomic E-state index is -0.320. The van der Waals surface area contributed by atoms with Gasteiger partial charge >= 0.3 is 0 Å². The maximum atomic E-state index is 11.6. The number of hydrogen-bond donors (Lipinski definition) is 1. The summed E-state index contributed by atoms with van der Waals surface area (Å²) in [6.45, 7) is 3.04. The summed E-state index contributed by atoms with van der Waals surface area (Å²) in [5.41, 5.74) is 2.60. The lowest BCUT2D eigenvalue weighted by atomic mass is 9.69. The molecule has 168 valence electrons. The van der Waals surface area contributed by atoms with Gasteiger partial charge in [-0.1, -0.05) is 79.7 Å². The number of aryl methyl sites for hydroxylation is 1. The highest BCUT2D eigenvalue weighted by Gasteiger charge is 2.40. The van der Waals surface area contributed by atoms with E-state index in [2.05, 4.69) is 47.4 Å². The number of β-amino-alcohol motifs (C(OH)–C–C–N with tert-alkyl or cyclic N) is 1. The van der Waals surface area contributed by atoms with E-state index < -0.39 is 0 Å². The van der Waals surface area contributed by atoms with Crippen molar-refractivity contribution in [3.8, 4) is 0 Å². The van der Waals surface area contributed by atoms with Crippen molar-refractivity contribution < 1.29 is 5.11 Å². The van der Waals surface area contributed by atoms with Crippen LogP contribution in [0.2, 0.25) is 5.02 Å². The maximum absolute atomic E-state index is 11.6. The molecule has 1 aliphatic heterocycles. The van der Waals surface area contributed by atoms with Gasteiger partial charge in [0, 0.05) is 23.5 Å². The van der Waals surface area contributed by atoms with Gasteiger partial charge in [0.15, 0.2) is 0 Å². The summed E-state index contributed by atoms with van der Waals surface area (Å²) in [5, 5.41) is 12.4. The molecule has 2 aromatic carbocycles. The second kappa shape index (κ2) is 11.0. The van der Waals surface area contributed by atoms with E-state index in [0.717, 1.165) is 49.8 Å². The second-order valence-corrected chi connectivity index (χ2v) is 10.3. The van der Waals surface area contributed by atoms with Gasteiger partial charge < -0.3 is 10.0 Å². The molecule has 4 rings (SSSR count). The van der Waals surface area contributed by atoms with Crippen LogP contribution in [0, 0.1) is 5.92 Å². The van der Waals surface area contributed by atoms with E-state index in [1.165, 1.54) is 56.1 Å². The van der Waals surface area contributed by atoms with Crippen LogP contribution < -0.4 is 0 Å². The summed E-state index contributed by atoms with van der Waals surface area (Å²) in [6.07, 6.45) is 11.8. The minimum absolute atomic E-state index is 0.127. The van der Waals surface area contributed by atoms with Crippen LogP contribution in [0.3, 0.4) is 0 Å².